The van der Waals surface area contributed by atoms with Gasteiger partial charge in [-0.15, -0.1) is 6.58 Å². The van der Waals surface area contributed by atoms with E-state index in [1.54, 1.807) is 6.92 Å². The molecular formula is C8H13F2N. The molecule has 0 rings (SSSR count). The minimum absolute atomic E-state index is 0.376. The molecule has 0 fully saturated rings. The molecule has 0 saturated carbocycles. The zero-order valence-electron chi connectivity index (χ0n) is 6.56. The minimum atomic E-state index is -2.87. The molecule has 0 aliphatic rings. The molecule has 0 radical (unpaired) electrons. The van der Waals surface area contributed by atoms with Gasteiger partial charge in [0, 0.05) is 6.42 Å². The quantitative estimate of drug-likeness (QED) is 0.628. The molecule has 0 aliphatic carbocycles. The van der Waals surface area contributed by atoms with Gasteiger partial charge < -0.3 is 5.73 Å². The summed E-state index contributed by atoms with van der Waals surface area (Å²) >= 11 is 0. The lowest BCUT2D eigenvalue weighted by Crippen LogP contribution is -2.38. The third-order valence-corrected chi connectivity index (χ3v) is 1.30. The first-order chi connectivity index (χ1) is 5.04. The van der Waals surface area contributed by atoms with E-state index >= 15 is 0 Å². The number of rotatable bonds is 4. The van der Waals surface area contributed by atoms with Gasteiger partial charge in [-0.1, -0.05) is 18.2 Å². The van der Waals surface area contributed by atoms with Crippen molar-refractivity contribution in [1.29, 1.82) is 0 Å². The molecule has 0 aromatic carbocycles. The number of hydrogen-bond donors (Lipinski definition) is 1. The van der Waals surface area contributed by atoms with Crippen LogP contribution in [0.5, 0.6) is 0 Å². The van der Waals surface area contributed by atoms with E-state index in [0.29, 0.717) is 0 Å². The predicted octanol–water partition coefficient (Wildman–Crippen LogP) is 2.10. The third-order valence-electron chi connectivity index (χ3n) is 1.30. The van der Waals surface area contributed by atoms with Crippen molar-refractivity contribution in [2.75, 3.05) is 0 Å². The second kappa shape index (κ2) is 4.23. The molecule has 0 bridgehead atoms. The zero-order chi connectivity index (χ0) is 8.91. The Morgan fingerprint density at radius 3 is 2.55 bits per heavy atom. The van der Waals surface area contributed by atoms with E-state index in [2.05, 4.69) is 6.58 Å². The van der Waals surface area contributed by atoms with E-state index in [-0.39, 0.29) is 6.42 Å². The topological polar surface area (TPSA) is 26.0 Å². The van der Waals surface area contributed by atoms with Gasteiger partial charge in [-0.05, 0) is 6.92 Å². The van der Waals surface area contributed by atoms with Crippen LogP contribution in [0.25, 0.3) is 0 Å². The highest BCUT2D eigenvalue weighted by molar-refractivity contribution is 4.99. The van der Waals surface area contributed by atoms with Gasteiger partial charge in [-0.25, -0.2) is 8.78 Å². The van der Waals surface area contributed by atoms with Crippen LogP contribution >= 0.6 is 0 Å². The molecule has 1 atom stereocenters. The van der Waals surface area contributed by atoms with Crippen LogP contribution in [0.15, 0.2) is 24.8 Å². The second-order valence-electron chi connectivity index (χ2n) is 2.31. The lowest BCUT2D eigenvalue weighted by molar-refractivity contribution is -0.00795. The Hall–Kier alpha value is -0.700. The largest absolute Gasteiger partial charge is 0.319 e. The van der Waals surface area contributed by atoms with Crippen molar-refractivity contribution in [2.24, 2.45) is 5.73 Å². The van der Waals surface area contributed by atoms with Crippen LogP contribution in [0.2, 0.25) is 0 Å². The molecule has 3 heteroatoms. The summed E-state index contributed by atoms with van der Waals surface area (Å²) in [6.45, 7) is 4.89. The molecule has 0 spiro atoms. The van der Waals surface area contributed by atoms with Gasteiger partial charge in [-0.3, -0.25) is 0 Å². The number of alkyl halides is 2. The second-order valence-corrected chi connectivity index (χ2v) is 2.31. The fraction of sp³-hybridized carbons (Fsp3) is 0.500. The van der Waals surface area contributed by atoms with Gasteiger partial charge in [-0.2, -0.15) is 0 Å². The number of nitrogens with two attached hydrogens (primary N) is 1. The van der Waals surface area contributed by atoms with E-state index in [9.17, 15) is 8.78 Å². The average Bonchev–Trinajstić information content (AvgIpc) is 1.88. The van der Waals surface area contributed by atoms with E-state index < -0.39 is 12.0 Å². The first-order valence-corrected chi connectivity index (χ1v) is 3.41. The summed E-state index contributed by atoms with van der Waals surface area (Å²) in [6, 6.07) is -1.20. The first kappa shape index (κ1) is 10.3. The molecule has 0 aromatic rings. The fourth-order valence-corrected chi connectivity index (χ4v) is 0.677. The molecule has 0 aliphatic heterocycles. The van der Waals surface area contributed by atoms with Gasteiger partial charge in [0.15, 0.2) is 0 Å². The Balaban J connectivity index is 4.15. The zero-order valence-corrected chi connectivity index (χ0v) is 6.56. The van der Waals surface area contributed by atoms with E-state index in [1.165, 1.54) is 18.2 Å². The Morgan fingerprint density at radius 1 is 1.64 bits per heavy atom. The van der Waals surface area contributed by atoms with Crippen molar-refractivity contribution in [3.05, 3.63) is 24.8 Å². The first-order valence-electron chi connectivity index (χ1n) is 3.41. The Bertz CT molecular complexity index is 152. The van der Waals surface area contributed by atoms with Crippen LogP contribution in [0.1, 0.15) is 13.3 Å². The van der Waals surface area contributed by atoms with Crippen LogP contribution < -0.4 is 5.73 Å². The molecule has 11 heavy (non-hydrogen) atoms. The summed E-state index contributed by atoms with van der Waals surface area (Å²) in [4.78, 5) is 0. The summed E-state index contributed by atoms with van der Waals surface area (Å²) in [5.74, 6) is -2.87. The lowest BCUT2D eigenvalue weighted by atomic mass is 10.1. The van der Waals surface area contributed by atoms with Crippen molar-refractivity contribution in [3.63, 3.8) is 0 Å². The van der Waals surface area contributed by atoms with Crippen molar-refractivity contribution in [1.82, 2.24) is 0 Å². The molecule has 0 saturated heterocycles. The van der Waals surface area contributed by atoms with Crippen molar-refractivity contribution in [2.45, 2.75) is 25.3 Å². The van der Waals surface area contributed by atoms with Crippen LogP contribution in [-0.2, 0) is 0 Å². The standard InChI is InChI=1S/C8H13F2N/c1-3-5-7(11)8(9,10)6-4-2/h3-5,7H,2,6,11H2,1H3/b5-3+. The van der Waals surface area contributed by atoms with Gasteiger partial charge in [0.05, 0.1) is 6.04 Å². The van der Waals surface area contributed by atoms with E-state index in [1.807, 2.05) is 0 Å². The molecule has 0 aromatic heterocycles. The highest BCUT2D eigenvalue weighted by atomic mass is 19.3. The smallest absolute Gasteiger partial charge is 0.269 e. The number of allylic oxidation sites excluding steroid dienone is 2. The predicted molar refractivity (Wildman–Crippen MR) is 42.6 cm³/mol. The Kier molecular flexibility index (Phi) is 3.97. The maximum absolute atomic E-state index is 12.8. The number of hydrogen-bond acceptors (Lipinski definition) is 1. The van der Waals surface area contributed by atoms with Gasteiger partial charge in [0.1, 0.15) is 0 Å². The van der Waals surface area contributed by atoms with Crippen LogP contribution in [0.4, 0.5) is 8.78 Å². The van der Waals surface area contributed by atoms with Gasteiger partial charge in [0.25, 0.3) is 5.92 Å². The molecule has 64 valence electrons. The van der Waals surface area contributed by atoms with Crippen molar-refractivity contribution < 1.29 is 8.78 Å². The SMILES string of the molecule is C=CCC(F)(F)C(N)/C=C/C. The van der Waals surface area contributed by atoms with Gasteiger partial charge >= 0.3 is 0 Å². The normalized spacial score (nSPS) is 15.3. The molecule has 0 heterocycles. The molecular weight excluding hydrogens is 148 g/mol. The Labute approximate surface area is 65.6 Å². The summed E-state index contributed by atoms with van der Waals surface area (Å²) in [5.41, 5.74) is 5.16. The highest BCUT2D eigenvalue weighted by Crippen LogP contribution is 2.22. The van der Waals surface area contributed by atoms with Crippen LogP contribution in [0.3, 0.4) is 0 Å². The molecule has 1 unspecified atom stereocenters. The van der Waals surface area contributed by atoms with E-state index in [4.69, 9.17) is 5.73 Å². The van der Waals surface area contributed by atoms with Crippen LogP contribution in [-0.4, -0.2) is 12.0 Å². The average molecular weight is 161 g/mol. The highest BCUT2D eigenvalue weighted by Gasteiger charge is 2.33. The lowest BCUT2D eigenvalue weighted by Gasteiger charge is -2.18. The monoisotopic (exact) mass is 161 g/mol. The summed E-state index contributed by atoms with van der Waals surface area (Å²) in [6.07, 6.45) is 3.59. The van der Waals surface area contributed by atoms with Crippen LogP contribution in [0, 0.1) is 0 Å². The third kappa shape index (κ3) is 3.28. The van der Waals surface area contributed by atoms with E-state index in [0.717, 1.165) is 0 Å². The molecule has 1 nitrogen and oxygen atoms in total. The van der Waals surface area contributed by atoms with Gasteiger partial charge in [0.2, 0.25) is 0 Å². The summed E-state index contributed by atoms with van der Waals surface area (Å²) < 4.78 is 25.5. The molecule has 0 amide bonds. The maximum Gasteiger partial charge on any atom is 0.269 e. The molecule has 2 N–H and O–H groups in total. The maximum atomic E-state index is 12.8. The summed E-state index contributed by atoms with van der Waals surface area (Å²) in [5, 5.41) is 0. The van der Waals surface area contributed by atoms with Crippen molar-refractivity contribution >= 4 is 0 Å². The Morgan fingerprint density at radius 2 is 2.18 bits per heavy atom. The van der Waals surface area contributed by atoms with Crippen molar-refractivity contribution in [3.8, 4) is 0 Å². The number of halogens is 2. The summed E-state index contributed by atoms with van der Waals surface area (Å²) in [7, 11) is 0. The fourth-order valence-electron chi connectivity index (χ4n) is 0.677. The minimum Gasteiger partial charge on any atom is -0.319 e.